The molecule has 2 aromatic rings. The molecule has 136 valence electrons. The predicted octanol–water partition coefficient (Wildman–Crippen LogP) is 3.29. The molecule has 5 nitrogen and oxygen atoms in total. The fraction of sp³-hybridized carbons (Fsp3) is 0.500. The Morgan fingerprint density at radius 3 is 2.72 bits per heavy atom. The van der Waals surface area contributed by atoms with Crippen molar-refractivity contribution in [2.45, 2.75) is 40.2 Å². The van der Waals surface area contributed by atoms with Crippen LogP contribution in [0.4, 0.5) is 0 Å². The first kappa shape index (κ1) is 19.2. The SMILES string of the molecule is CCc1c(C(=O)NCCCOCC(C)C)cnn1Cc1ccccc1. The second-order valence-electron chi connectivity index (χ2n) is 6.58. The summed E-state index contributed by atoms with van der Waals surface area (Å²) in [4.78, 5) is 12.4. The third-order valence-electron chi connectivity index (χ3n) is 3.91. The molecule has 0 aliphatic carbocycles. The minimum Gasteiger partial charge on any atom is -0.381 e. The van der Waals surface area contributed by atoms with E-state index in [2.05, 4.69) is 43.3 Å². The van der Waals surface area contributed by atoms with Gasteiger partial charge in [0.1, 0.15) is 0 Å². The van der Waals surface area contributed by atoms with Crippen LogP contribution in [0.15, 0.2) is 36.5 Å². The Morgan fingerprint density at radius 1 is 1.28 bits per heavy atom. The van der Waals surface area contributed by atoms with Gasteiger partial charge >= 0.3 is 0 Å². The molecule has 0 saturated heterocycles. The molecule has 0 unspecified atom stereocenters. The summed E-state index contributed by atoms with van der Waals surface area (Å²) in [6.45, 7) is 9.04. The van der Waals surface area contributed by atoms with Gasteiger partial charge in [-0.25, -0.2) is 0 Å². The fourth-order valence-corrected chi connectivity index (χ4v) is 2.66. The van der Waals surface area contributed by atoms with Gasteiger partial charge in [-0.2, -0.15) is 5.10 Å². The molecule has 0 spiro atoms. The molecule has 1 N–H and O–H groups in total. The molecule has 1 amide bonds. The van der Waals surface area contributed by atoms with Gasteiger partial charge in [0.25, 0.3) is 5.91 Å². The summed E-state index contributed by atoms with van der Waals surface area (Å²) in [6.07, 6.45) is 3.26. The van der Waals surface area contributed by atoms with E-state index in [1.807, 2.05) is 22.9 Å². The van der Waals surface area contributed by atoms with Crippen molar-refractivity contribution < 1.29 is 9.53 Å². The Kier molecular flexibility index (Phi) is 7.67. The third-order valence-corrected chi connectivity index (χ3v) is 3.91. The second kappa shape index (κ2) is 9.99. The minimum atomic E-state index is -0.0555. The zero-order valence-electron chi connectivity index (χ0n) is 15.5. The van der Waals surface area contributed by atoms with Crippen LogP contribution in [0.1, 0.15) is 48.8 Å². The molecule has 0 radical (unpaired) electrons. The molecule has 0 fully saturated rings. The van der Waals surface area contributed by atoms with Crippen LogP contribution in [0.25, 0.3) is 0 Å². The Labute approximate surface area is 150 Å². The quantitative estimate of drug-likeness (QED) is 0.674. The van der Waals surface area contributed by atoms with Crippen molar-refractivity contribution in [3.8, 4) is 0 Å². The Hall–Kier alpha value is -2.14. The van der Waals surface area contributed by atoms with Gasteiger partial charge in [-0.1, -0.05) is 51.1 Å². The van der Waals surface area contributed by atoms with Crippen LogP contribution in [-0.4, -0.2) is 35.4 Å². The number of benzene rings is 1. The van der Waals surface area contributed by atoms with Crippen LogP contribution in [0.5, 0.6) is 0 Å². The highest BCUT2D eigenvalue weighted by Gasteiger charge is 2.15. The highest BCUT2D eigenvalue weighted by Crippen LogP contribution is 2.12. The maximum Gasteiger partial charge on any atom is 0.254 e. The Bertz CT molecular complexity index is 650. The maximum absolute atomic E-state index is 12.4. The number of carbonyl (C=O) groups excluding carboxylic acids is 1. The largest absolute Gasteiger partial charge is 0.381 e. The molecule has 2 rings (SSSR count). The summed E-state index contributed by atoms with van der Waals surface area (Å²) in [5, 5.41) is 7.38. The van der Waals surface area contributed by atoms with Gasteiger partial charge in [-0.05, 0) is 24.3 Å². The van der Waals surface area contributed by atoms with Crippen LogP contribution in [0.2, 0.25) is 0 Å². The van der Waals surface area contributed by atoms with Crippen LogP contribution in [0.3, 0.4) is 0 Å². The molecule has 0 aliphatic rings. The lowest BCUT2D eigenvalue weighted by molar-refractivity contribution is 0.0924. The molecule has 1 heterocycles. The fourth-order valence-electron chi connectivity index (χ4n) is 2.66. The molecule has 0 saturated carbocycles. The van der Waals surface area contributed by atoms with E-state index in [4.69, 9.17) is 4.74 Å². The van der Waals surface area contributed by atoms with Gasteiger partial charge in [0, 0.05) is 19.8 Å². The number of nitrogens with one attached hydrogen (secondary N) is 1. The summed E-state index contributed by atoms with van der Waals surface area (Å²) < 4.78 is 7.44. The van der Waals surface area contributed by atoms with E-state index in [1.165, 1.54) is 5.56 Å². The lowest BCUT2D eigenvalue weighted by atomic mass is 10.1. The molecular weight excluding hydrogens is 314 g/mol. The minimum absolute atomic E-state index is 0.0555. The second-order valence-corrected chi connectivity index (χ2v) is 6.58. The first-order valence-corrected chi connectivity index (χ1v) is 9.06. The number of hydrogen-bond donors (Lipinski definition) is 1. The van der Waals surface area contributed by atoms with E-state index in [0.29, 0.717) is 31.2 Å². The van der Waals surface area contributed by atoms with Crippen molar-refractivity contribution in [2.75, 3.05) is 19.8 Å². The van der Waals surface area contributed by atoms with Gasteiger partial charge in [0.05, 0.1) is 24.0 Å². The summed E-state index contributed by atoms with van der Waals surface area (Å²) in [7, 11) is 0. The van der Waals surface area contributed by atoms with Crippen LogP contribution < -0.4 is 5.32 Å². The van der Waals surface area contributed by atoms with Crippen LogP contribution in [-0.2, 0) is 17.7 Å². The summed E-state index contributed by atoms with van der Waals surface area (Å²) in [5.41, 5.74) is 2.81. The van der Waals surface area contributed by atoms with Gasteiger partial charge in [0.2, 0.25) is 0 Å². The molecule has 0 atom stereocenters. The normalized spacial score (nSPS) is 11.0. The average Bonchev–Trinajstić information content (AvgIpc) is 3.01. The van der Waals surface area contributed by atoms with Gasteiger partial charge in [0.15, 0.2) is 0 Å². The number of ether oxygens (including phenoxy) is 1. The number of rotatable bonds is 10. The maximum atomic E-state index is 12.4. The number of hydrogen-bond acceptors (Lipinski definition) is 3. The zero-order valence-corrected chi connectivity index (χ0v) is 15.5. The summed E-state index contributed by atoms with van der Waals surface area (Å²) >= 11 is 0. The first-order valence-electron chi connectivity index (χ1n) is 9.06. The molecule has 1 aromatic carbocycles. The lowest BCUT2D eigenvalue weighted by Crippen LogP contribution is -2.26. The van der Waals surface area contributed by atoms with E-state index in [9.17, 15) is 4.79 Å². The molecule has 5 heteroatoms. The van der Waals surface area contributed by atoms with Gasteiger partial charge < -0.3 is 10.1 Å². The van der Waals surface area contributed by atoms with Crippen molar-refractivity contribution >= 4 is 5.91 Å². The topological polar surface area (TPSA) is 56.1 Å². The molecule has 0 bridgehead atoms. The van der Waals surface area contributed by atoms with Gasteiger partial charge in [-0.15, -0.1) is 0 Å². The number of nitrogens with zero attached hydrogens (tertiary/aromatic N) is 2. The predicted molar refractivity (Wildman–Crippen MR) is 99.8 cm³/mol. The van der Waals surface area contributed by atoms with Crippen molar-refractivity contribution in [3.05, 3.63) is 53.3 Å². The molecular formula is C20H29N3O2. The molecule has 1 aromatic heterocycles. The van der Waals surface area contributed by atoms with E-state index in [1.54, 1.807) is 6.20 Å². The third kappa shape index (κ3) is 6.02. The average molecular weight is 343 g/mol. The van der Waals surface area contributed by atoms with Crippen LogP contribution in [0, 0.1) is 5.92 Å². The number of carbonyl (C=O) groups is 1. The van der Waals surface area contributed by atoms with Crippen molar-refractivity contribution in [3.63, 3.8) is 0 Å². The summed E-state index contributed by atoms with van der Waals surface area (Å²) in [5.74, 6) is 0.483. The van der Waals surface area contributed by atoms with E-state index < -0.39 is 0 Å². The monoisotopic (exact) mass is 343 g/mol. The Balaban J connectivity index is 1.87. The Morgan fingerprint density at radius 2 is 2.04 bits per heavy atom. The zero-order chi connectivity index (χ0) is 18.1. The van der Waals surface area contributed by atoms with Crippen LogP contribution >= 0.6 is 0 Å². The van der Waals surface area contributed by atoms with Crippen molar-refractivity contribution in [1.29, 1.82) is 0 Å². The highest BCUT2D eigenvalue weighted by atomic mass is 16.5. The molecule has 25 heavy (non-hydrogen) atoms. The number of aromatic nitrogens is 2. The molecule has 0 aliphatic heterocycles. The van der Waals surface area contributed by atoms with Crippen molar-refractivity contribution in [2.24, 2.45) is 5.92 Å². The van der Waals surface area contributed by atoms with Gasteiger partial charge in [-0.3, -0.25) is 9.48 Å². The summed E-state index contributed by atoms with van der Waals surface area (Å²) in [6, 6.07) is 10.2. The number of amides is 1. The first-order chi connectivity index (χ1) is 12.1. The standard InChI is InChI=1S/C20H29N3O2/c1-4-19-18(20(24)21-11-8-12-25-15-16(2)3)13-22-23(19)14-17-9-6-5-7-10-17/h5-7,9-10,13,16H,4,8,11-12,14-15H2,1-3H3,(H,21,24). The highest BCUT2D eigenvalue weighted by molar-refractivity contribution is 5.95. The lowest BCUT2D eigenvalue weighted by Gasteiger charge is -2.09. The van der Waals surface area contributed by atoms with E-state index in [-0.39, 0.29) is 5.91 Å². The van der Waals surface area contributed by atoms with Crippen molar-refractivity contribution in [1.82, 2.24) is 15.1 Å². The van der Waals surface area contributed by atoms with E-state index in [0.717, 1.165) is 25.1 Å². The van der Waals surface area contributed by atoms with E-state index >= 15 is 0 Å². The smallest absolute Gasteiger partial charge is 0.254 e.